The number of aliphatic carboxylic acids is 1. The van der Waals surface area contributed by atoms with Crippen molar-refractivity contribution in [1.82, 2.24) is 5.32 Å². The first-order chi connectivity index (χ1) is 6.40. The van der Waals surface area contributed by atoms with Gasteiger partial charge in [-0.2, -0.15) is 0 Å². The average molecular weight is 222 g/mol. The highest BCUT2D eigenvalue weighted by Gasteiger charge is 2.55. The van der Waals surface area contributed by atoms with Crippen LogP contribution in [0, 0.1) is 0 Å². The Kier molecular flexibility index (Phi) is 4.67. The number of aliphatic hydroxyl groups is 1. The highest BCUT2D eigenvalue weighted by Crippen LogP contribution is 2.38. The first-order valence-corrected chi connectivity index (χ1v) is 5.43. The topological polar surface area (TPSA) is 104 Å². The van der Waals surface area contributed by atoms with Crippen LogP contribution < -0.4 is 5.32 Å². The lowest BCUT2D eigenvalue weighted by Crippen LogP contribution is -2.51. The van der Waals surface area contributed by atoms with Crippen molar-refractivity contribution in [2.24, 2.45) is 0 Å². The molecule has 0 aromatic rings. The van der Waals surface area contributed by atoms with Crippen molar-refractivity contribution < 1.29 is 24.4 Å². The first kappa shape index (κ1) is 13.0. The van der Waals surface area contributed by atoms with Crippen molar-refractivity contribution in [2.45, 2.75) is 25.5 Å². The summed E-state index contributed by atoms with van der Waals surface area (Å²) in [6, 6.07) is 0. The standard InChI is InChI=1S/C7H12NO5P/c1-3-7(6(11)12,8-5(2)10)14(13)4-9/h9H,3-4H2,1-2H3,(H-,8,10,11,12)/p+1. The lowest BCUT2D eigenvalue weighted by molar-refractivity contribution is -0.143. The average Bonchev–Trinajstić information content (AvgIpc) is 2.12. The second kappa shape index (κ2) is 5.02. The predicted octanol–water partition coefficient (Wildman–Crippen LogP) is 0.0906. The van der Waals surface area contributed by atoms with Gasteiger partial charge in [0.05, 0.1) is 0 Å². The fraction of sp³-hybridized carbons (Fsp3) is 0.714. The molecule has 0 bridgehead atoms. The van der Waals surface area contributed by atoms with Crippen molar-refractivity contribution in [3.05, 3.63) is 0 Å². The lowest BCUT2D eigenvalue weighted by Gasteiger charge is -2.17. The Morgan fingerprint density at radius 1 is 1.50 bits per heavy atom. The summed E-state index contributed by atoms with van der Waals surface area (Å²) in [5.41, 5.74) is 0. The fourth-order valence-corrected chi connectivity index (χ4v) is 2.14. The Balaban J connectivity index is 5.08. The van der Waals surface area contributed by atoms with Crippen LogP contribution in [0.4, 0.5) is 0 Å². The zero-order valence-electron chi connectivity index (χ0n) is 7.98. The van der Waals surface area contributed by atoms with E-state index in [2.05, 4.69) is 5.32 Å². The van der Waals surface area contributed by atoms with Crippen molar-refractivity contribution in [1.29, 1.82) is 0 Å². The second-order valence-corrected chi connectivity index (χ2v) is 4.52. The molecule has 1 amide bonds. The molecule has 0 rings (SSSR count). The van der Waals surface area contributed by atoms with Crippen LogP contribution in [-0.2, 0) is 14.2 Å². The summed E-state index contributed by atoms with van der Waals surface area (Å²) < 4.78 is 11.3. The third-order valence-electron chi connectivity index (χ3n) is 1.80. The zero-order valence-corrected chi connectivity index (χ0v) is 8.88. The van der Waals surface area contributed by atoms with E-state index < -0.39 is 31.3 Å². The smallest absolute Gasteiger partial charge is 0.406 e. The molecule has 0 aliphatic rings. The molecule has 0 aliphatic heterocycles. The number of hydrogen-bond acceptors (Lipinski definition) is 4. The Labute approximate surface area is 82.1 Å². The molecule has 0 aromatic heterocycles. The van der Waals surface area contributed by atoms with Gasteiger partial charge in [0.1, 0.15) is 0 Å². The number of carbonyl (C=O) groups is 2. The molecule has 80 valence electrons. The number of aliphatic hydroxyl groups excluding tert-OH is 1. The third kappa shape index (κ3) is 2.49. The number of amides is 1. The van der Waals surface area contributed by atoms with E-state index in [-0.39, 0.29) is 6.42 Å². The van der Waals surface area contributed by atoms with Gasteiger partial charge in [-0.15, -0.1) is 0 Å². The summed E-state index contributed by atoms with van der Waals surface area (Å²) in [7, 11) is -2.42. The van der Waals surface area contributed by atoms with Crippen LogP contribution in [0.5, 0.6) is 0 Å². The van der Waals surface area contributed by atoms with Crippen molar-refractivity contribution in [3.8, 4) is 0 Å². The lowest BCUT2D eigenvalue weighted by atomic mass is 10.2. The van der Waals surface area contributed by atoms with E-state index in [1.165, 1.54) is 6.92 Å². The van der Waals surface area contributed by atoms with Crippen LogP contribution in [0.2, 0.25) is 0 Å². The summed E-state index contributed by atoms with van der Waals surface area (Å²) >= 11 is 0. The van der Waals surface area contributed by atoms with E-state index in [9.17, 15) is 14.2 Å². The summed E-state index contributed by atoms with van der Waals surface area (Å²) in [6.07, 6.45) is -0.812. The van der Waals surface area contributed by atoms with Gasteiger partial charge in [-0.25, -0.2) is 4.79 Å². The van der Waals surface area contributed by atoms with Crippen LogP contribution in [0.3, 0.4) is 0 Å². The minimum Gasteiger partial charge on any atom is -0.476 e. The predicted molar refractivity (Wildman–Crippen MR) is 49.2 cm³/mol. The molecule has 3 N–H and O–H groups in total. The van der Waals surface area contributed by atoms with Crippen LogP contribution in [0.25, 0.3) is 0 Å². The molecule has 14 heavy (non-hydrogen) atoms. The Morgan fingerprint density at radius 3 is 2.21 bits per heavy atom. The van der Waals surface area contributed by atoms with Gasteiger partial charge in [0.15, 0.2) is 0 Å². The first-order valence-electron chi connectivity index (χ1n) is 3.98. The van der Waals surface area contributed by atoms with E-state index in [0.717, 1.165) is 6.92 Å². The van der Waals surface area contributed by atoms with Gasteiger partial charge in [-0.1, -0.05) is 11.5 Å². The number of nitrogens with one attached hydrogen (secondary N) is 1. The molecule has 0 saturated heterocycles. The maximum absolute atomic E-state index is 11.3. The highest BCUT2D eigenvalue weighted by atomic mass is 31.1. The molecule has 0 spiro atoms. The van der Waals surface area contributed by atoms with Gasteiger partial charge in [0.2, 0.25) is 12.3 Å². The van der Waals surface area contributed by atoms with Gasteiger partial charge in [0, 0.05) is 13.3 Å². The number of carboxylic acids is 1. The molecule has 0 aliphatic carbocycles. The minimum atomic E-state index is -2.42. The maximum atomic E-state index is 11.3. The Hall–Kier alpha value is -1.00. The van der Waals surface area contributed by atoms with E-state index in [1.807, 2.05) is 0 Å². The second-order valence-electron chi connectivity index (χ2n) is 2.72. The van der Waals surface area contributed by atoms with Crippen LogP contribution >= 0.6 is 7.80 Å². The zero-order chi connectivity index (χ0) is 11.4. The van der Waals surface area contributed by atoms with Gasteiger partial charge in [0.25, 0.3) is 0 Å². The highest BCUT2D eigenvalue weighted by molar-refractivity contribution is 7.47. The van der Waals surface area contributed by atoms with E-state index in [4.69, 9.17) is 10.2 Å². The van der Waals surface area contributed by atoms with Crippen molar-refractivity contribution in [3.63, 3.8) is 0 Å². The van der Waals surface area contributed by atoms with E-state index >= 15 is 0 Å². The third-order valence-corrected chi connectivity index (χ3v) is 3.53. The maximum Gasteiger partial charge on any atom is 0.406 e. The number of carbonyl (C=O) groups excluding carboxylic acids is 1. The van der Waals surface area contributed by atoms with Gasteiger partial charge in [-0.3, -0.25) is 4.79 Å². The normalized spacial score (nSPS) is 15.5. The monoisotopic (exact) mass is 222 g/mol. The van der Waals surface area contributed by atoms with Crippen molar-refractivity contribution >= 4 is 19.7 Å². The summed E-state index contributed by atoms with van der Waals surface area (Å²) in [5, 5.41) is 17.8. The van der Waals surface area contributed by atoms with Gasteiger partial charge in [-0.05, 0) is 0 Å². The van der Waals surface area contributed by atoms with Crippen molar-refractivity contribution in [2.75, 3.05) is 6.35 Å². The quantitative estimate of drug-likeness (QED) is 0.572. The largest absolute Gasteiger partial charge is 0.476 e. The molecule has 2 atom stereocenters. The molecule has 0 aromatic carbocycles. The molecule has 0 fully saturated rings. The molecule has 0 radical (unpaired) electrons. The molecule has 6 nitrogen and oxygen atoms in total. The Bertz CT molecular complexity index is 267. The van der Waals surface area contributed by atoms with Crippen LogP contribution in [0.15, 0.2) is 0 Å². The van der Waals surface area contributed by atoms with Gasteiger partial charge < -0.3 is 15.5 Å². The molecular weight excluding hydrogens is 209 g/mol. The molecule has 2 unspecified atom stereocenters. The van der Waals surface area contributed by atoms with Crippen LogP contribution in [0.1, 0.15) is 20.3 Å². The molecule has 0 heterocycles. The number of rotatable bonds is 5. The number of hydrogen-bond donors (Lipinski definition) is 3. The summed E-state index contributed by atoms with van der Waals surface area (Å²) in [4.78, 5) is 21.6. The summed E-state index contributed by atoms with van der Waals surface area (Å²) in [5.74, 6) is -1.99. The van der Waals surface area contributed by atoms with E-state index in [1.54, 1.807) is 0 Å². The van der Waals surface area contributed by atoms with Crippen LogP contribution in [-0.4, -0.2) is 33.7 Å². The molecular formula is C7H13NO5P+. The summed E-state index contributed by atoms with van der Waals surface area (Å²) in [6.45, 7) is 2.61. The van der Waals surface area contributed by atoms with E-state index in [0.29, 0.717) is 0 Å². The fourth-order valence-electron chi connectivity index (χ4n) is 1.05. The molecule has 0 saturated carbocycles. The SMILES string of the molecule is CCC(NC(C)=O)(C(=O)O)[P+](=O)CO. The number of carboxylic acid groups (broad SMARTS) is 1. The van der Waals surface area contributed by atoms with Gasteiger partial charge >= 0.3 is 19.1 Å². The minimum absolute atomic E-state index is 0.0440. The Morgan fingerprint density at radius 2 is 2.00 bits per heavy atom. The molecule has 7 heteroatoms.